The zero-order valence-electron chi connectivity index (χ0n) is 22.0. The molecule has 1 aliphatic heterocycles. The number of nitrogens with zero attached hydrogens (tertiary/aromatic N) is 2. The van der Waals surface area contributed by atoms with Crippen LogP contribution < -0.4 is 20.7 Å². The Morgan fingerprint density at radius 3 is 2.24 bits per heavy atom. The van der Waals surface area contributed by atoms with Crippen molar-refractivity contribution in [3.05, 3.63) is 98.3 Å². The number of carbonyl (C=O) groups is 3. The predicted molar refractivity (Wildman–Crippen MR) is 148 cm³/mol. The van der Waals surface area contributed by atoms with Gasteiger partial charge in [-0.2, -0.15) is 4.57 Å². The third-order valence-corrected chi connectivity index (χ3v) is 8.99. The van der Waals surface area contributed by atoms with Gasteiger partial charge in [0.05, 0.1) is 5.02 Å². The van der Waals surface area contributed by atoms with Crippen molar-refractivity contribution in [1.82, 2.24) is 9.13 Å². The number of benzene rings is 2. The fourth-order valence-electron chi connectivity index (χ4n) is 4.13. The highest BCUT2D eigenvalue weighted by Crippen LogP contribution is 2.53. The summed E-state index contributed by atoms with van der Waals surface area (Å²) in [7, 11) is 0. The van der Waals surface area contributed by atoms with Crippen LogP contribution in [-0.2, 0) is 28.4 Å². The van der Waals surface area contributed by atoms with Gasteiger partial charge in [0.1, 0.15) is 11.9 Å². The van der Waals surface area contributed by atoms with Gasteiger partial charge in [-0.25, -0.2) is 4.79 Å². The lowest BCUT2D eigenvalue weighted by Gasteiger charge is -2.26. The summed E-state index contributed by atoms with van der Waals surface area (Å²) in [5, 5.41) is 0.0543. The maximum atomic E-state index is 13.5. The van der Waals surface area contributed by atoms with Crippen molar-refractivity contribution >= 4 is 47.6 Å². The van der Waals surface area contributed by atoms with Crippen molar-refractivity contribution in [3.63, 3.8) is 0 Å². The van der Waals surface area contributed by atoms with Crippen LogP contribution in [0.5, 0.6) is 5.75 Å². The van der Waals surface area contributed by atoms with Gasteiger partial charge in [-0.1, -0.05) is 53.3 Å². The number of para-hydroxylation sites is 1. The number of halogens is 1. The maximum Gasteiger partial charge on any atom is 0.340 e. The third kappa shape index (κ3) is 7.20. The quantitative estimate of drug-likeness (QED) is 0.248. The highest BCUT2D eigenvalue weighted by Gasteiger charge is 2.51. The van der Waals surface area contributed by atoms with Crippen molar-refractivity contribution in [2.45, 2.75) is 38.4 Å². The molecule has 1 fully saturated rings. The Morgan fingerprint density at radius 2 is 1.60 bits per heavy atom. The van der Waals surface area contributed by atoms with Gasteiger partial charge < -0.3 is 23.6 Å². The molecule has 0 radical (unpaired) electrons. The van der Waals surface area contributed by atoms with Crippen LogP contribution in [0.3, 0.4) is 0 Å². The molecule has 1 aliphatic rings. The van der Waals surface area contributed by atoms with Crippen molar-refractivity contribution < 1.29 is 42.6 Å². The zero-order valence-corrected chi connectivity index (χ0v) is 24.5. The van der Waals surface area contributed by atoms with E-state index in [1.807, 2.05) is 0 Å². The Hall–Kier alpha value is -3.68. The summed E-state index contributed by atoms with van der Waals surface area (Å²) in [6, 6.07) is 14.4. The molecule has 3 aromatic rings. The second-order valence-electron chi connectivity index (χ2n) is 8.83. The first-order valence-electron chi connectivity index (χ1n) is 12.2. The van der Waals surface area contributed by atoms with E-state index in [-0.39, 0.29) is 16.3 Å². The summed E-state index contributed by atoms with van der Waals surface area (Å²) >= 11 is 6.29. The Morgan fingerprint density at radius 1 is 0.976 bits per heavy atom. The first-order valence-corrected chi connectivity index (χ1v) is 15.7. The van der Waals surface area contributed by atoms with Gasteiger partial charge >= 0.3 is 17.6 Å². The van der Waals surface area contributed by atoms with Gasteiger partial charge in [0.2, 0.25) is 6.80 Å². The third-order valence-electron chi connectivity index (χ3n) is 5.84. The number of aromatic nitrogens is 2. The molecule has 5 atom stereocenters. The maximum absolute atomic E-state index is 13.5. The van der Waals surface area contributed by atoms with Gasteiger partial charge in [-0.05, 0) is 24.3 Å². The molecule has 2 aromatic carbocycles. The molecule has 0 aliphatic carbocycles. The Kier molecular flexibility index (Phi) is 9.74. The van der Waals surface area contributed by atoms with E-state index in [0.29, 0.717) is 15.9 Å². The molecule has 1 saturated heterocycles. The normalized spacial score (nSPS) is 21.2. The molecule has 0 N–H and O–H groups in total. The van der Waals surface area contributed by atoms with Crippen molar-refractivity contribution in [3.8, 4) is 5.75 Å². The summed E-state index contributed by atoms with van der Waals surface area (Å²) in [6.45, 7) is -2.53. The molecule has 0 saturated carbocycles. The molecule has 1 aromatic heterocycles. The smallest absolute Gasteiger partial charge is 0.340 e. The highest BCUT2D eigenvalue weighted by molar-refractivity contribution is 8.54. The van der Waals surface area contributed by atoms with Gasteiger partial charge in [0, 0.05) is 37.4 Å². The summed E-state index contributed by atoms with van der Waals surface area (Å²) in [5.41, 5.74) is -2.01. The van der Waals surface area contributed by atoms with Crippen molar-refractivity contribution in [1.29, 1.82) is 0 Å². The number of rotatable bonds is 9. The minimum Gasteiger partial charge on any atom is -0.761 e. The molecule has 222 valence electrons. The van der Waals surface area contributed by atoms with Crippen LogP contribution in [-0.4, -0.2) is 51.0 Å². The van der Waals surface area contributed by atoms with Crippen LogP contribution >= 0.6 is 29.8 Å². The van der Waals surface area contributed by atoms with E-state index in [1.165, 1.54) is 30.3 Å². The molecule has 4 rings (SSSR count). The average Bonchev–Trinajstić information content (AvgIpc) is 3.24. The van der Waals surface area contributed by atoms with Gasteiger partial charge in [0.15, 0.2) is 18.4 Å². The monoisotopic (exact) mass is 637 g/mol. The van der Waals surface area contributed by atoms with E-state index >= 15 is 0 Å². The van der Waals surface area contributed by atoms with Crippen LogP contribution in [0.25, 0.3) is 0 Å². The SMILES string of the molecule is CC(=O)O[C@@H]1[C@H](OC(C)=O)[C@@H](CSP(=O)([O-])Oc2ccccc2Cl)O[C@H]1n1ccc(=O)n(C(=O)c2ccccc2)c1=O. The molecular formula is C26H23ClN2O11PS-. The Labute approximate surface area is 247 Å². The second kappa shape index (κ2) is 13.1. The van der Waals surface area contributed by atoms with Crippen LogP contribution in [0.1, 0.15) is 30.4 Å². The molecule has 0 amide bonds. The molecule has 0 bridgehead atoms. The molecular weight excluding hydrogens is 615 g/mol. The summed E-state index contributed by atoms with van der Waals surface area (Å²) in [5.74, 6) is -3.09. The first-order chi connectivity index (χ1) is 19.9. The number of esters is 2. The van der Waals surface area contributed by atoms with Crippen LogP contribution in [0, 0.1) is 0 Å². The number of hydrogen-bond acceptors (Lipinski definition) is 12. The predicted octanol–water partition coefficient (Wildman–Crippen LogP) is 2.39. The van der Waals surface area contributed by atoms with Crippen LogP contribution in [0.15, 0.2) is 76.4 Å². The number of hydrogen-bond donors (Lipinski definition) is 0. The van der Waals surface area contributed by atoms with Crippen molar-refractivity contribution in [2.24, 2.45) is 0 Å². The van der Waals surface area contributed by atoms with E-state index < -0.39 is 66.2 Å². The van der Waals surface area contributed by atoms with E-state index in [9.17, 15) is 33.4 Å². The molecule has 0 spiro atoms. The highest BCUT2D eigenvalue weighted by atomic mass is 35.5. The fraction of sp³-hybridized carbons (Fsp3) is 0.269. The number of carbonyl (C=O) groups excluding carboxylic acids is 3. The summed E-state index contributed by atoms with van der Waals surface area (Å²) < 4.78 is 35.6. The van der Waals surface area contributed by atoms with E-state index in [0.717, 1.165) is 30.7 Å². The second-order valence-corrected chi connectivity index (χ2v) is 13.0. The zero-order chi connectivity index (χ0) is 30.6. The van der Waals surface area contributed by atoms with Gasteiger partial charge in [0.25, 0.3) is 11.5 Å². The Balaban J connectivity index is 1.68. The van der Waals surface area contributed by atoms with Crippen molar-refractivity contribution in [2.75, 3.05) is 5.75 Å². The van der Waals surface area contributed by atoms with Gasteiger partial charge in [-0.3, -0.25) is 28.3 Å². The fourth-order valence-corrected chi connectivity index (χ4v) is 6.80. The minimum atomic E-state index is -4.67. The largest absolute Gasteiger partial charge is 0.761 e. The lowest BCUT2D eigenvalue weighted by atomic mass is 10.1. The molecule has 1 unspecified atom stereocenters. The minimum absolute atomic E-state index is 0.0510. The molecule has 16 heteroatoms. The lowest BCUT2D eigenvalue weighted by Crippen LogP contribution is -2.47. The summed E-state index contributed by atoms with van der Waals surface area (Å²) in [4.78, 5) is 75.8. The molecule has 2 heterocycles. The Bertz CT molecular complexity index is 1660. The first kappa shape index (κ1) is 31.3. The van der Waals surface area contributed by atoms with Gasteiger partial charge in [-0.15, -0.1) is 0 Å². The van der Waals surface area contributed by atoms with E-state index in [1.54, 1.807) is 24.3 Å². The topological polar surface area (TPSA) is 172 Å². The van der Waals surface area contributed by atoms with E-state index in [4.69, 9.17) is 30.3 Å². The standard InChI is InChI=1S/C26H24ClN2O11PS/c1-15(30)37-22-20(14-42-41(35,36)40-19-11-7-6-10-18(19)27)39-25(23(22)38-16(2)31)28-13-12-21(32)29(26(28)34)24(33)17-8-4-3-5-9-17/h3-13,20,22-23,25H,14H2,1-2H3,(H,35,36)/p-1/t20-,22-,23-,25-/m1/s1. The molecule has 42 heavy (non-hydrogen) atoms. The average molecular weight is 638 g/mol. The lowest BCUT2D eigenvalue weighted by molar-refractivity contribution is -0.182. The van der Waals surface area contributed by atoms with E-state index in [2.05, 4.69) is 0 Å². The summed E-state index contributed by atoms with van der Waals surface area (Å²) in [6.07, 6.45) is -4.62. The van der Waals surface area contributed by atoms with Crippen LogP contribution in [0.2, 0.25) is 5.02 Å². The molecule has 13 nitrogen and oxygen atoms in total. The van der Waals surface area contributed by atoms with Crippen LogP contribution in [0.4, 0.5) is 0 Å². The number of ether oxygens (including phenoxy) is 3.